The van der Waals surface area contributed by atoms with Crippen molar-refractivity contribution < 1.29 is 17.9 Å². The molecule has 2 rings (SSSR count). The van der Waals surface area contributed by atoms with Gasteiger partial charge in [0.25, 0.3) is 5.91 Å². The molecule has 0 aliphatic carbocycles. The van der Waals surface area contributed by atoms with Crippen LogP contribution in [0, 0.1) is 5.92 Å². The molecule has 2 aromatic rings. The second kappa shape index (κ2) is 8.13. The van der Waals surface area contributed by atoms with Gasteiger partial charge in [-0.2, -0.15) is 0 Å². The summed E-state index contributed by atoms with van der Waals surface area (Å²) in [5.41, 5.74) is 0.974. The van der Waals surface area contributed by atoms with Crippen molar-refractivity contribution in [3.8, 4) is 5.75 Å². The Kier molecular flexibility index (Phi) is 6.17. The number of rotatable bonds is 7. The molecule has 0 bridgehead atoms. The van der Waals surface area contributed by atoms with Gasteiger partial charge in [-0.1, -0.05) is 19.9 Å². The molecule has 6 nitrogen and oxygen atoms in total. The van der Waals surface area contributed by atoms with Crippen LogP contribution in [-0.2, 0) is 10.0 Å². The first-order valence-electron chi connectivity index (χ1n) is 7.89. The van der Waals surface area contributed by atoms with E-state index in [1.54, 1.807) is 36.4 Å². The Hall–Kier alpha value is -2.38. The molecular formula is C18H22N2O4S. The van der Waals surface area contributed by atoms with Gasteiger partial charge in [-0.3, -0.25) is 4.79 Å². The molecule has 0 saturated heterocycles. The second-order valence-electron chi connectivity index (χ2n) is 5.92. The van der Waals surface area contributed by atoms with Crippen LogP contribution in [0.3, 0.4) is 0 Å². The highest BCUT2D eigenvalue weighted by Crippen LogP contribution is 2.17. The molecule has 25 heavy (non-hydrogen) atoms. The summed E-state index contributed by atoms with van der Waals surface area (Å²) >= 11 is 0. The van der Waals surface area contributed by atoms with E-state index in [1.165, 1.54) is 19.2 Å². The Bertz CT molecular complexity index is 830. The minimum absolute atomic E-state index is 0.136. The first-order chi connectivity index (χ1) is 11.8. The molecule has 0 aliphatic rings. The first-order valence-corrected chi connectivity index (χ1v) is 9.38. The van der Waals surface area contributed by atoms with E-state index in [2.05, 4.69) is 23.9 Å². The molecule has 134 valence electrons. The highest BCUT2D eigenvalue weighted by atomic mass is 32.2. The van der Waals surface area contributed by atoms with E-state index >= 15 is 0 Å². The number of hydrogen-bond acceptors (Lipinski definition) is 4. The Morgan fingerprint density at radius 2 is 1.80 bits per heavy atom. The van der Waals surface area contributed by atoms with Crippen molar-refractivity contribution in [2.24, 2.45) is 5.92 Å². The molecule has 0 aliphatic heterocycles. The minimum Gasteiger partial charge on any atom is -0.493 e. The normalized spacial score (nSPS) is 11.4. The van der Waals surface area contributed by atoms with E-state index in [9.17, 15) is 13.2 Å². The zero-order chi connectivity index (χ0) is 18.4. The van der Waals surface area contributed by atoms with E-state index in [1.807, 2.05) is 0 Å². The van der Waals surface area contributed by atoms with Crippen molar-refractivity contribution in [2.75, 3.05) is 19.0 Å². The lowest BCUT2D eigenvalue weighted by Crippen LogP contribution is -2.18. The first kappa shape index (κ1) is 19.0. The molecule has 1 amide bonds. The molecule has 0 radical (unpaired) electrons. The summed E-state index contributed by atoms with van der Waals surface area (Å²) in [5.74, 6) is 0.737. The summed E-state index contributed by atoms with van der Waals surface area (Å²) in [6.07, 6.45) is 0. The smallest absolute Gasteiger partial charge is 0.255 e. The lowest BCUT2D eigenvalue weighted by molar-refractivity contribution is 0.102. The summed E-state index contributed by atoms with van der Waals surface area (Å²) in [6, 6.07) is 12.9. The van der Waals surface area contributed by atoms with Crippen LogP contribution in [0.25, 0.3) is 0 Å². The fourth-order valence-corrected chi connectivity index (χ4v) is 2.76. The van der Waals surface area contributed by atoms with Gasteiger partial charge in [-0.05, 0) is 55.4 Å². The molecule has 0 unspecified atom stereocenters. The second-order valence-corrected chi connectivity index (χ2v) is 7.81. The fraction of sp³-hybridized carbons (Fsp3) is 0.278. The van der Waals surface area contributed by atoms with Crippen LogP contribution in [-0.4, -0.2) is 28.0 Å². The Balaban J connectivity index is 2.08. The van der Waals surface area contributed by atoms with E-state index in [0.29, 0.717) is 29.5 Å². The van der Waals surface area contributed by atoms with Crippen LogP contribution < -0.4 is 14.8 Å². The number of hydrogen-bond donors (Lipinski definition) is 2. The van der Waals surface area contributed by atoms with Gasteiger partial charge in [0.2, 0.25) is 10.0 Å². The van der Waals surface area contributed by atoms with E-state index in [0.717, 1.165) is 0 Å². The highest BCUT2D eigenvalue weighted by Gasteiger charge is 2.12. The maximum absolute atomic E-state index is 12.3. The highest BCUT2D eigenvalue weighted by molar-refractivity contribution is 7.89. The van der Waals surface area contributed by atoms with Gasteiger partial charge in [-0.25, -0.2) is 13.1 Å². The van der Waals surface area contributed by atoms with Gasteiger partial charge in [0.15, 0.2) is 0 Å². The molecule has 0 fully saturated rings. The average Bonchev–Trinajstić information content (AvgIpc) is 2.60. The largest absolute Gasteiger partial charge is 0.493 e. The SMILES string of the molecule is CNS(=O)(=O)c1ccc(NC(=O)c2cccc(OCC(C)C)c2)cc1. The zero-order valence-corrected chi connectivity index (χ0v) is 15.3. The predicted octanol–water partition coefficient (Wildman–Crippen LogP) is 2.88. The summed E-state index contributed by atoms with van der Waals surface area (Å²) in [6.45, 7) is 4.68. The molecule has 7 heteroatoms. The molecule has 2 N–H and O–H groups in total. The third-order valence-corrected chi connectivity index (χ3v) is 4.80. The van der Waals surface area contributed by atoms with Crippen LogP contribution in [0.2, 0.25) is 0 Å². The van der Waals surface area contributed by atoms with Crippen LogP contribution in [0.15, 0.2) is 53.4 Å². The van der Waals surface area contributed by atoms with Crippen LogP contribution in [0.1, 0.15) is 24.2 Å². The average molecular weight is 362 g/mol. The Morgan fingerprint density at radius 1 is 1.12 bits per heavy atom. The van der Waals surface area contributed by atoms with Gasteiger partial charge >= 0.3 is 0 Å². The fourth-order valence-electron chi connectivity index (χ4n) is 2.03. The van der Waals surface area contributed by atoms with Gasteiger partial charge in [0.05, 0.1) is 11.5 Å². The third kappa shape index (κ3) is 5.30. The monoisotopic (exact) mass is 362 g/mol. The summed E-state index contributed by atoms with van der Waals surface area (Å²) in [7, 11) is -2.15. The maximum atomic E-state index is 12.3. The number of benzene rings is 2. The lowest BCUT2D eigenvalue weighted by Gasteiger charge is -2.10. The molecule has 0 aromatic heterocycles. The quantitative estimate of drug-likeness (QED) is 0.793. The van der Waals surface area contributed by atoms with Gasteiger partial charge in [0, 0.05) is 11.3 Å². The number of sulfonamides is 1. The number of anilines is 1. The molecule has 0 heterocycles. The predicted molar refractivity (Wildman–Crippen MR) is 97.4 cm³/mol. The zero-order valence-electron chi connectivity index (χ0n) is 14.4. The number of amides is 1. The lowest BCUT2D eigenvalue weighted by atomic mass is 10.2. The van der Waals surface area contributed by atoms with Crippen LogP contribution in [0.4, 0.5) is 5.69 Å². The summed E-state index contributed by atoms with van der Waals surface area (Å²) in [5, 5.41) is 2.74. The maximum Gasteiger partial charge on any atom is 0.255 e. The van der Waals surface area contributed by atoms with Crippen molar-refractivity contribution >= 4 is 21.6 Å². The van der Waals surface area contributed by atoms with E-state index in [-0.39, 0.29) is 10.8 Å². The van der Waals surface area contributed by atoms with Crippen molar-refractivity contribution in [3.05, 3.63) is 54.1 Å². The topological polar surface area (TPSA) is 84.5 Å². The van der Waals surface area contributed by atoms with Gasteiger partial charge in [-0.15, -0.1) is 0 Å². The van der Waals surface area contributed by atoms with Crippen LogP contribution >= 0.6 is 0 Å². The minimum atomic E-state index is -3.49. The number of ether oxygens (including phenoxy) is 1. The number of carbonyl (C=O) groups excluding carboxylic acids is 1. The Labute approximate surface area is 148 Å². The molecule has 0 spiro atoms. The van der Waals surface area contributed by atoms with Crippen molar-refractivity contribution in [3.63, 3.8) is 0 Å². The number of nitrogens with one attached hydrogen (secondary N) is 2. The summed E-state index contributed by atoms with van der Waals surface area (Å²) < 4.78 is 31.2. The van der Waals surface area contributed by atoms with Crippen molar-refractivity contribution in [2.45, 2.75) is 18.7 Å². The third-order valence-electron chi connectivity index (χ3n) is 3.37. The Morgan fingerprint density at radius 3 is 2.40 bits per heavy atom. The molecular weight excluding hydrogens is 340 g/mol. The summed E-state index contributed by atoms with van der Waals surface area (Å²) in [4.78, 5) is 12.5. The number of carbonyl (C=O) groups is 1. The van der Waals surface area contributed by atoms with Crippen molar-refractivity contribution in [1.82, 2.24) is 4.72 Å². The van der Waals surface area contributed by atoms with Gasteiger partial charge in [0.1, 0.15) is 5.75 Å². The van der Waals surface area contributed by atoms with Crippen molar-refractivity contribution in [1.29, 1.82) is 0 Å². The molecule has 0 atom stereocenters. The molecule has 0 saturated carbocycles. The van der Waals surface area contributed by atoms with E-state index in [4.69, 9.17) is 4.74 Å². The standard InChI is InChI=1S/C18H22N2O4S/c1-13(2)12-24-16-6-4-5-14(11-16)18(21)20-15-7-9-17(10-8-15)25(22,23)19-3/h4-11,13,19H,12H2,1-3H3,(H,20,21). The van der Waals surface area contributed by atoms with E-state index < -0.39 is 10.0 Å². The van der Waals surface area contributed by atoms with Gasteiger partial charge < -0.3 is 10.1 Å². The van der Waals surface area contributed by atoms with Crippen LogP contribution in [0.5, 0.6) is 5.75 Å². The molecule has 2 aromatic carbocycles.